The summed E-state index contributed by atoms with van der Waals surface area (Å²) in [5, 5.41) is 0. The molecular formula is C14H20N2. The van der Waals surface area contributed by atoms with E-state index in [9.17, 15) is 0 Å². The average Bonchev–Trinajstić information content (AvgIpc) is 2.60. The molecule has 1 aromatic rings. The molecule has 1 heterocycles. The minimum Gasteiger partial charge on any atom is -0.374 e. The number of hydrogen-bond acceptors (Lipinski definition) is 2. The maximum absolute atomic E-state index is 5.84. The summed E-state index contributed by atoms with van der Waals surface area (Å²) >= 11 is 0. The third-order valence-corrected chi connectivity index (χ3v) is 3.34. The average molecular weight is 216 g/mol. The zero-order valence-electron chi connectivity index (χ0n) is 10.3. The number of fused-ring (bicyclic) bond motifs is 1. The van der Waals surface area contributed by atoms with Crippen LogP contribution in [0.1, 0.15) is 25.0 Å². The number of likely N-dealkylation sites (N-methyl/N-ethyl adjacent to an activating group) is 1. The van der Waals surface area contributed by atoms with Crippen LogP contribution >= 0.6 is 0 Å². The van der Waals surface area contributed by atoms with Crippen LogP contribution in [0.3, 0.4) is 0 Å². The van der Waals surface area contributed by atoms with Crippen LogP contribution in [0.2, 0.25) is 0 Å². The summed E-state index contributed by atoms with van der Waals surface area (Å²) in [5.74, 6) is 0. The molecule has 2 nitrogen and oxygen atoms in total. The van der Waals surface area contributed by atoms with Gasteiger partial charge >= 0.3 is 0 Å². The van der Waals surface area contributed by atoms with Gasteiger partial charge in [-0.15, -0.1) is 0 Å². The van der Waals surface area contributed by atoms with Crippen molar-refractivity contribution in [1.82, 2.24) is 0 Å². The molecule has 1 unspecified atom stereocenters. The van der Waals surface area contributed by atoms with Gasteiger partial charge in [-0.3, -0.25) is 0 Å². The lowest BCUT2D eigenvalue weighted by Gasteiger charge is -2.12. The van der Waals surface area contributed by atoms with Crippen molar-refractivity contribution in [2.75, 3.05) is 18.5 Å². The molecule has 16 heavy (non-hydrogen) atoms. The molecule has 0 spiro atoms. The van der Waals surface area contributed by atoms with Crippen LogP contribution < -0.4 is 10.6 Å². The maximum atomic E-state index is 5.84. The first-order chi connectivity index (χ1) is 7.58. The molecule has 0 saturated carbocycles. The Kier molecular flexibility index (Phi) is 3.01. The standard InChI is InChI=1S/C14H20N2/c1-10(11(2)15)8-12-4-5-14-13(9-12)6-7-16(14)3/h4-5,8-9,11H,6-7,15H2,1-3H3/b10-8+. The molecule has 0 bridgehead atoms. The smallest absolute Gasteiger partial charge is 0.0397 e. The van der Waals surface area contributed by atoms with Crippen LogP contribution in [-0.4, -0.2) is 19.6 Å². The summed E-state index contributed by atoms with van der Waals surface area (Å²) in [6.07, 6.45) is 3.34. The van der Waals surface area contributed by atoms with Gasteiger partial charge < -0.3 is 10.6 Å². The molecule has 0 fully saturated rings. The van der Waals surface area contributed by atoms with Crippen LogP contribution in [0.25, 0.3) is 6.08 Å². The van der Waals surface area contributed by atoms with Crippen molar-refractivity contribution in [1.29, 1.82) is 0 Å². The first-order valence-electron chi connectivity index (χ1n) is 5.86. The Morgan fingerprint density at radius 1 is 1.50 bits per heavy atom. The van der Waals surface area contributed by atoms with Crippen LogP contribution in [0.4, 0.5) is 5.69 Å². The molecule has 0 aromatic heterocycles. The number of nitrogens with zero attached hydrogens (tertiary/aromatic N) is 1. The molecule has 2 heteroatoms. The van der Waals surface area contributed by atoms with Gasteiger partial charge in [0.15, 0.2) is 0 Å². The number of rotatable bonds is 2. The lowest BCUT2D eigenvalue weighted by Crippen LogP contribution is -2.15. The van der Waals surface area contributed by atoms with Crippen LogP contribution in [0, 0.1) is 0 Å². The van der Waals surface area contributed by atoms with Crippen molar-refractivity contribution < 1.29 is 0 Å². The summed E-state index contributed by atoms with van der Waals surface area (Å²) in [6, 6.07) is 6.80. The van der Waals surface area contributed by atoms with Gasteiger partial charge in [-0.2, -0.15) is 0 Å². The second-order valence-corrected chi connectivity index (χ2v) is 4.74. The van der Waals surface area contributed by atoms with Gasteiger partial charge in [-0.1, -0.05) is 17.7 Å². The van der Waals surface area contributed by atoms with E-state index in [-0.39, 0.29) is 6.04 Å². The number of nitrogens with two attached hydrogens (primary N) is 1. The van der Waals surface area contributed by atoms with E-state index in [1.807, 2.05) is 6.92 Å². The van der Waals surface area contributed by atoms with Crippen molar-refractivity contribution in [2.24, 2.45) is 5.73 Å². The summed E-state index contributed by atoms with van der Waals surface area (Å²) in [5.41, 5.74) is 11.2. The Bertz CT molecular complexity index is 419. The molecule has 2 N–H and O–H groups in total. The van der Waals surface area contributed by atoms with Crippen molar-refractivity contribution in [3.63, 3.8) is 0 Å². The van der Waals surface area contributed by atoms with Crippen molar-refractivity contribution >= 4 is 11.8 Å². The quantitative estimate of drug-likeness (QED) is 0.822. The highest BCUT2D eigenvalue weighted by Gasteiger charge is 2.14. The Morgan fingerprint density at radius 2 is 2.25 bits per heavy atom. The summed E-state index contributed by atoms with van der Waals surface area (Å²) in [6.45, 7) is 5.24. The normalized spacial score (nSPS) is 17.5. The maximum Gasteiger partial charge on any atom is 0.0397 e. The van der Waals surface area contributed by atoms with Gasteiger partial charge in [0.25, 0.3) is 0 Å². The minimum atomic E-state index is 0.135. The van der Waals surface area contributed by atoms with E-state index < -0.39 is 0 Å². The minimum absolute atomic E-state index is 0.135. The van der Waals surface area contributed by atoms with E-state index >= 15 is 0 Å². The Labute approximate surface area is 97.8 Å². The van der Waals surface area contributed by atoms with Gasteiger partial charge in [0.05, 0.1) is 0 Å². The Hall–Kier alpha value is -1.28. The number of anilines is 1. The molecule has 1 aliphatic rings. The van der Waals surface area contributed by atoms with Crippen molar-refractivity contribution in [3.8, 4) is 0 Å². The molecule has 0 radical (unpaired) electrons. The number of hydrogen-bond donors (Lipinski definition) is 1. The molecule has 1 aromatic carbocycles. The molecule has 0 saturated heterocycles. The lowest BCUT2D eigenvalue weighted by atomic mass is 10.0. The Morgan fingerprint density at radius 3 is 2.94 bits per heavy atom. The topological polar surface area (TPSA) is 29.3 Å². The first-order valence-corrected chi connectivity index (χ1v) is 5.86. The molecule has 0 aliphatic carbocycles. The van der Waals surface area contributed by atoms with Gasteiger partial charge in [-0.05, 0) is 43.5 Å². The fraction of sp³-hybridized carbons (Fsp3) is 0.429. The highest BCUT2D eigenvalue weighted by atomic mass is 15.1. The fourth-order valence-corrected chi connectivity index (χ4v) is 2.07. The molecule has 1 aliphatic heterocycles. The van der Waals surface area contributed by atoms with E-state index in [1.54, 1.807) is 0 Å². The predicted octanol–water partition coefficient (Wildman–Crippen LogP) is 2.43. The van der Waals surface area contributed by atoms with Gasteiger partial charge in [0, 0.05) is 25.3 Å². The van der Waals surface area contributed by atoms with Crippen molar-refractivity contribution in [3.05, 3.63) is 34.9 Å². The fourth-order valence-electron chi connectivity index (χ4n) is 2.07. The molecule has 86 valence electrons. The van der Waals surface area contributed by atoms with E-state index in [0.717, 1.165) is 13.0 Å². The van der Waals surface area contributed by atoms with Crippen LogP contribution in [-0.2, 0) is 6.42 Å². The summed E-state index contributed by atoms with van der Waals surface area (Å²) < 4.78 is 0. The molecule has 2 rings (SSSR count). The van der Waals surface area contributed by atoms with Gasteiger partial charge in [0.2, 0.25) is 0 Å². The molecular weight excluding hydrogens is 196 g/mol. The first kappa shape index (κ1) is 11.2. The summed E-state index contributed by atoms with van der Waals surface area (Å²) in [7, 11) is 2.15. The van der Waals surface area contributed by atoms with Crippen LogP contribution in [0.15, 0.2) is 23.8 Å². The Balaban J connectivity index is 2.29. The zero-order valence-corrected chi connectivity index (χ0v) is 10.3. The van der Waals surface area contributed by atoms with Crippen LogP contribution in [0.5, 0.6) is 0 Å². The third-order valence-electron chi connectivity index (χ3n) is 3.34. The summed E-state index contributed by atoms with van der Waals surface area (Å²) in [4.78, 5) is 2.31. The predicted molar refractivity (Wildman–Crippen MR) is 70.7 cm³/mol. The van der Waals surface area contributed by atoms with E-state index in [1.165, 1.54) is 22.4 Å². The second-order valence-electron chi connectivity index (χ2n) is 4.74. The monoisotopic (exact) mass is 216 g/mol. The molecule has 1 atom stereocenters. The zero-order chi connectivity index (χ0) is 11.7. The largest absolute Gasteiger partial charge is 0.374 e. The highest BCUT2D eigenvalue weighted by Crippen LogP contribution is 2.28. The third kappa shape index (κ3) is 2.12. The van der Waals surface area contributed by atoms with E-state index in [2.05, 4.69) is 43.1 Å². The van der Waals surface area contributed by atoms with Gasteiger partial charge in [0.1, 0.15) is 0 Å². The lowest BCUT2D eigenvalue weighted by molar-refractivity contribution is 0.868. The van der Waals surface area contributed by atoms with E-state index in [4.69, 9.17) is 5.73 Å². The van der Waals surface area contributed by atoms with Crippen molar-refractivity contribution in [2.45, 2.75) is 26.3 Å². The SMILES string of the molecule is C/C(=C\c1ccc2c(c1)CCN2C)C(C)N. The van der Waals surface area contributed by atoms with E-state index in [0.29, 0.717) is 0 Å². The second kappa shape index (κ2) is 4.30. The molecule has 0 amide bonds. The van der Waals surface area contributed by atoms with Gasteiger partial charge in [-0.25, -0.2) is 0 Å². The number of benzene rings is 1. The highest BCUT2D eigenvalue weighted by molar-refractivity contribution is 5.64.